The van der Waals surface area contributed by atoms with Gasteiger partial charge >= 0.3 is 5.97 Å². The summed E-state index contributed by atoms with van der Waals surface area (Å²) in [6.07, 6.45) is 1.79. The minimum absolute atomic E-state index is 0.0443. The highest BCUT2D eigenvalue weighted by molar-refractivity contribution is 5.66. The molecule has 8 nitrogen and oxygen atoms in total. The summed E-state index contributed by atoms with van der Waals surface area (Å²) in [4.78, 5) is 12.3. The normalized spacial score (nSPS) is 33.9. The number of ether oxygens (including phenoxy) is 7. The van der Waals surface area contributed by atoms with Crippen molar-refractivity contribution in [3.05, 3.63) is 35.9 Å². The summed E-state index contributed by atoms with van der Waals surface area (Å²) >= 11 is 0. The van der Waals surface area contributed by atoms with Gasteiger partial charge in [-0.05, 0) is 31.7 Å². The van der Waals surface area contributed by atoms with E-state index in [9.17, 15) is 4.79 Å². The number of carbonyl (C=O) groups is 1. The Balaban J connectivity index is 1.82. The maximum Gasteiger partial charge on any atom is 0.303 e. The van der Waals surface area contributed by atoms with Crippen LogP contribution in [0, 0.1) is 11.8 Å². The largest absolute Gasteiger partial charge is 0.454 e. The number of hydrogen-bond donors (Lipinski definition) is 0. The molecule has 3 rings (SSSR count). The first kappa shape index (κ1) is 33.9. The van der Waals surface area contributed by atoms with E-state index in [4.69, 9.17) is 33.2 Å². The molecule has 0 aliphatic carbocycles. The van der Waals surface area contributed by atoms with Gasteiger partial charge in [0.25, 0.3) is 0 Å². The Morgan fingerprint density at radius 2 is 1.44 bits per heavy atom. The summed E-state index contributed by atoms with van der Waals surface area (Å²) in [6.45, 7) is 16.2. The highest BCUT2D eigenvalue weighted by atomic mass is 16.7. The molecule has 0 bridgehead atoms. The van der Waals surface area contributed by atoms with Crippen LogP contribution in [0.3, 0.4) is 0 Å². The lowest BCUT2D eigenvalue weighted by molar-refractivity contribution is -0.333. The van der Waals surface area contributed by atoms with Crippen LogP contribution < -0.4 is 0 Å². The average molecular weight is 579 g/mol. The van der Waals surface area contributed by atoms with Crippen molar-refractivity contribution in [2.24, 2.45) is 11.8 Å². The van der Waals surface area contributed by atoms with E-state index in [1.807, 2.05) is 25.1 Å². The number of rotatable bonds is 16. The molecular formula is C33H54O8. The topological polar surface area (TPSA) is 81.7 Å². The second kappa shape index (κ2) is 17.5. The summed E-state index contributed by atoms with van der Waals surface area (Å²) in [7, 11) is 0. The van der Waals surface area contributed by atoms with Gasteiger partial charge in [0.1, 0.15) is 12.2 Å². The van der Waals surface area contributed by atoms with Crippen LogP contribution in [0.1, 0.15) is 86.1 Å². The van der Waals surface area contributed by atoms with E-state index < -0.39 is 12.4 Å². The molecular weight excluding hydrogens is 524 g/mol. The van der Waals surface area contributed by atoms with E-state index in [2.05, 4.69) is 46.8 Å². The molecule has 4 unspecified atom stereocenters. The van der Waals surface area contributed by atoms with E-state index >= 15 is 0 Å². The molecule has 2 heterocycles. The third-order valence-electron chi connectivity index (χ3n) is 8.29. The Morgan fingerprint density at radius 1 is 0.805 bits per heavy atom. The second-order valence-corrected chi connectivity index (χ2v) is 11.6. The SMILES string of the molecule is CCCCOC1[C@@H](O[C@H]2OC(CC)[C@@H](C)[C@H](OCCCC)C2OC(C)=O)[C@H](C)C(COCc2ccccc2)O[C@@H]1C. The van der Waals surface area contributed by atoms with Gasteiger partial charge in [0, 0.05) is 32.0 Å². The molecule has 41 heavy (non-hydrogen) atoms. The highest BCUT2D eigenvalue weighted by Crippen LogP contribution is 2.37. The van der Waals surface area contributed by atoms with E-state index in [1.54, 1.807) is 0 Å². The molecule has 1 aromatic carbocycles. The van der Waals surface area contributed by atoms with Gasteiger partial charge < -0.3 is 33.2 Å². The van der Waals surface area contributed by atoms with Crippen LogP contribution in [-0.4, -0.2) is 74.8 Å². The lowest BCUT2D eigenvalue weighted by Crippen LogP contribution is -2.62. The number of hydrogen-bond acceptors (Lipinski definition) is 8. The molecule has 2 aliphatic rings. The van der Waals surface area contributed by atoms with Crippen LogP contribution >= 0.6 is 0 Å². The Kier molecular flexibility index (Phi) is 14.5. The van der Waals surface area contributed by atoms with Crippen molar-refractivity contribution in [1.29, 1.82) is 0 Å². The molecule has 2 fully saturated rings. The first-order chi connectivity index (χ1) is 19.8. The zero-order chi connectivity index (χ0) is 29.8. The molecule has 234 valence electrons. The van der Waals surface area contributed by atoms with Gasteiger partial charge in [-0.25, -0.2) is 0 Å². The predicted octanol–water partition coefficient (Wildman–Crippen LogP) is 6.09. The van der Waals surface area contributed by atoms with Crippen LogP contribution in [0.5, 0.6) is 0 Å². The number of benzene rings is 1. The third-order valence-corrected chi connectivity index (χ3v) is 8.29. The predicted molar refractivity (Wildman–Crippen MR) is 157 cm³/mol. The Morgan fingerprint density at radius 3 is 2.05 bits per heavy atom. The maximum atomic E-state index is 12.3. The molecule has 0 amide bonds. The first-order valence-electron chi connectivity index (χ1n) is 15.8. The van der Waals surface area contributed by atoms with Crippen molar-refractivity contribution in [1.82, 2.24) is 0 Å². The molecule has 2 saturated heterocycles. The highest BCUT2D eigenvalue weighted by Gasteiger charge is 2.51. The molecule has 0 saturated carbocycles. The monoisotopic (exact) mass is 578 g/mol. The zero-order valence-electron chi connectivity index (χ0n) is 26.3. The molecule has 8 heteroatoms. The number of esters is 1. The average Bonchev–Trinajstić information content (AvgIpc) is 2.95. The minimum Gasteiger partial charge on any atom is -0.454 e. The van der Waals surface area contributed by atoms with Gasteiger partial charge in [-0.1, -0.05) is 77.8 Å². The van der Waals surface area contributed by atoms with E-state index in [1.165, 1.54) is 6.92 Å². The zero-order valence-corrected chi connectivity index (χ0v) is 26.3. The van der Waals surface area contributed by atoms with Crippen molar-refractivity contribution in [3.63, 3.8) is 0 Å². The van der Waals surface area contributed by atoms with Crippen molar-refractivity contribution in [2.75, 3.05) is 19.8 Å². The quantitative estimate of drug-likeness (QED) is 0.172. The van der Waals surface area contributed by atoms with Crippen LogP contribution in [0.15, 0.2) is 30.3 Å². The maximum absolute atomic E-state index is 12.3. The van der Waals surface area contributed by atoms with Gasteiger partial charge in [-0.3, -0.25) is 4.79 Å². The smallest absolute Gasteiger partial charge is 0.303 e. The van der Waals surface area contributed by atoms with E-state index in [0.717, 1.165) is 37.7 Å². The Bertz CT molecular complexity index is 866. The summed E-state index contributed by atoms with van der Waals surface area (Å²) in [5, 5.41) is 0. The molecule has 0 spiro atoms. The van der Waals surface area contributed by atoms with Crippen molar-refractivity contribution < 1.29 is 38.0 Å². The fraction of sp³-hybridized carbons (Fsp3) is 0.788. The van der Waals surface area contributed by atoms with Gasteiger partial charge in [0.2, 0.25) is 0 Å². The third kappa shape index (κ3) is 9.73. The van der Waals surface area contributed by atoms with Gasteiger partial charge in [-0.15, -0.1) is 0 Å². The Labute approximate surface area is 247 Å². The van der Waals surface area contributed by atoms with E-state index in [-0.39, 0.29) is 54.4 Å². The van der Waals surface area contributed by atoms with Crippen LogP contribution in [0.2, 0.25) is 0 Å². The first-order valence-corrected chi connectivity index (χ1v) is 15.8. The lowest BCUT2D eigenvalue weighted by atomic mass is 9.87. The molecule has 0 aromatic heterocycles. The van der Waals surface area contributed by atoms with Crippen LogP contribution in [0.25, 0.3) is 0 Å². The fourth-order valence-corrected chi connectivity index (χ4v) is 5.80. The molecule has 0 N–H and O–H groups in total. The summed E-state index contributed by atoms with van der Waals surface area (Å²) in [6, 6.07) is 10.1. The summed E-state index contributed by atoms with van der Waals surface area (Å²) in [5.74, 6) is -0.397. The van der Waals surface area contributed by atoms with Gasteiger partial charge in [0.15, 0.2) is 12.4 Å². The van der Waals surface area contributed by atoms with Crippen LogP contribution in [-0.2, 0) is 44.6 Å². The summed E-state index contributed by atoms with van der Waals surface area (Å²) in [5.41, 5.74) is 1.12. The summed E-state index contributed by atoms with van der Waals surface area (Å²) < 4.78 is 44.6. The Hall–Kier alpha value is -1.55. The van der Waals surface area contributed by atoms with E-state index in [0.29, 0.717) is 26.4 Å². The second-order valence-electron chi connectivity index (χ2n) is 11.6. The molecule has 2 aliphatic heterocycles. The van der Waals surface area contributed by atoms with Crippen molar-refractivity contribution >= 4 is 5.97 Å². The lowest BCUT2D eigenvalue weighted by Gasteiger charge is -2.49. The van der Waals surface area contributed by atoms with Gasteiger partial charge in [-0.2, -0.15) is 0 Å². The van der Waals surface area contributed by atoms with Crippen LogP contribution in [0.4, 0.5) is 0 Å². The molecule has 10 atom stereocenters. The standard InChI is InChI=1S/C33H54O8/c1-8-11-18-36-29-22(4)27(10-3)40-33(32(29)39-25(7)34)41-30-23(5)28(21-35-20-26-16-14-13-15-17-26)38-24(6)31(30)37-19-12-9-2/h13-17,22-24,27-33H,8-12,18-21H2,1-7H3/t22-,23-,24-,27?,28?,29+,30+,31?,32?,33-/m1/s1. The minimum atomic E-state index is -0.785. The van der Waals surface area contributed by atoms with Gasteiger partial charge in [0.05, 0.1) is 37.6 Å². The number of carbonyl (C=O) groups excluding carboxylic acids is 1. The van der Waals surface area contributed by atoms with Crippen molar-refractivity contribution in [3.8, 4) is 0 Å². The molecule has 1 aromatic rings. The molecule has 0 radical (unpaired) electrons. The number of unbranched alkanes of at least 4 members (excludes halogenated alkanes) is 2. The van der Waals surface area contributed by atoms with Crippen molar-refractivity contribution in [2.45, 2.75) is 136 Å². The fourth-order valence-electron chi connectivity index (χ4n) is 5.80.